The Balaban J connectivity index is 2.28. The van der Waals surface area contributed by atoms with Gasteiger partial charge in [0.05, 0.1) is 11.8 Å². The molecule has 0 saturated heterocycles. The smallest absolute Gasteiger partial charge is 0.189 e. The van der Waals surface area contributed by atoms with Gasteiger partial charge in [-0.3, -0.25) is 0 Å². The van der Waals surface area contributed by atoms with E-state index in [9.17, 15) is 0 Å². The van der Waals surface area contributed by atoms with E-state index in [1.807, 2.05) is 31.2 Å². The molecule has 0 aliphatic heterocycles. The molecule has 0 unspecified atom stereocenters. The fraction of sp³-hybridized carbons (Fsp3) is 0.312. The maximum Gasteiger partial charge on any atom is 0.189 e. The highest BCUT2D eigenvalue weighted by Crippen LogP contribution is 2.31. The summed E-state index contributed by atoms with van der Waals surface area (Å²) < 4.78 is 0. The average molecular weight is 333 g/mol. The summed E-state index contributed by atoms with van der Waals surface area (Å²) in [5, 5.41) is 9.91. The van der Waals surface area contributed by atoms with Gasteiger partial charge in [0, 0.05) is 22.8 Å². The molecule has 0 aliphatic carbocycles. The van der Waals surface area contributed by atoms with Gasteiger partial charge in [-0.15, -0.1) is 0 Å². The number of aromatic nitrogens is 2. The monoisotopic (exact) mass is 332 g/mol. The molecule has 0 radical (unpaired) electrons. The first-order valence-corrected chi connectivity index (χ1v) is 8.44. The Morgan fingerprint density at radius 2 is 2.00 bits per heavy atom. The van der Waals surface area contributed by atoms with Crippen LogP contribution in [-0.2, 0) is 6.42 Å². The molecule has 0 amide bonds. The summed E-state index contributed by atoms with van der Waals surface area (Å²) in [6.07, 6.45) is 2.15. The zero-order valence-electron chi connectivity index (χ0n) is 12.3. The van der Waals surface area contributed by atoms with Gasteiger partial charge in [0.25, 0.3) is 0 Å². The van der Waals surface area contributed by atoms with Crippen molar-refractivity contribution in [3.63, 3.8) is 0 Å². The lowest BCUT2D eigenvalue weighted by Gasteiger charge is -2.12. The van der Waals surface area contributed by atoms with Crippen LogP contribution in [0.15, 0.2) is 29.4 Å². The van der Waals surface area contributed by atoms with Crippen LogP contribution in [0.5, 0.6) is 0 Å². The lowest BCUT2D eigenvalue weighted by atomic mass is 10.0. The van der Waals surface area contributed by atoms with Crippen molar-refractivity contribution in [2.45, 2.75) is 31.3 Å². The third-order valence-electron chi connectivity index (χ3n) is 3.12. The van der Waals surface area contributed by atoms with Crippen LogP contribution < -0.4 is 5.73 Å². The summed E-state index contributed by atoms with van der Waals surface area (Å²) in [4.78, 5) is 9.00. The summed E-state index contributed by atoms with van der Waals surface area (Å²) >= 11 is 7.47. The number of benzene rings is 1. The number of unbranched alkanes of at least 4 members (excludes halogenated alkanes) is 1. The first-order chi connectivity index (χ1) is 10.7. The van der Waals surface area contributed by atoms with E-state index >= 15 is 0 Å². The van der Waals surface area contributed by atoms with E-state index in [4.69, 9.17) is 22.6 Å². The molecule has 0 aliphatic rings. The fourth-order valence-corrected chi connectivity index (χ4v) is 3.00. The van der Waals surface area contributed by atoms with E-state index in [2.05, 4.69) is 16.0 Å². The first-order valence-electron chi connectivity index (χ1n) is 7.07. The van der Waals surface area contributed by atoms with E-state index in [0.29, 0.717) is 22.4 Å². The van der Waals surface area contributed by atoms with E-state index in [1.54, 1.807) is 0 Å². The Morgan fingerprint density at radius 1 is 1.27 bits per heavy atom. The minimum Gasteiger partial charge on any atom is -0.383 e. The highest BCUT2D eigenvalue weighted by Gasteiger charge is 2.13. The summed E-state index contributed by atoms with van der Waals surface area (Å²) in [7, 11) is 0. The Kier molecular flexibility index (Phi) is 6.05. The second kappa shape index (κ2) is 8.02. The molecule has 4 nitrogen and oxygen atoms in total. The number of nitriles is 1. The molecule has 1 aromatic heterocycles. The third-order valence-corrected chi connectivity index (χ3v) is 4.31. The lowest BCUT2D eigenvalue weighted by Crippen LogP contribution is -2.04. The summed E-state index contributed by atoms with van der Waals surface area (Å²) in [6.45, 7) is 2.05. The van der Waals surface area contributed by atoms with Crippen molar-refractivity contribution in [2.24, 2.45) is 0 Å². The number of nitrogens with zero attached hydrogens (tertiary/aromatic N) is 3. The van der Waals surface area contributed by atoms with Crippen LogP contribution in [0.4, 0.5) is 5.82 Å². The normalized spacial score (nSPS) is 10.4. The molecule has 1 aromatic carbocycles. The molecule has 0 fully saturated rings. The topological polar surface area (TPSA) is 75.6 Å². The maximum absolute atomic E-state index is 8.55. The summed E-state index contributed by atoms with van der Waals surface area (Å²) in [5.74, 6) is 1.30. The predicted octanol–water partition coefficient (Wildman–Crippen LogP) is 4.34. The van der Waals surface area contributed by atoms with Gasteiger partial charge in [-0.2, -0.15) is 5.26 Å². The van der Waals surface area contributed by atoms with Gasteiger partial charge in [-0.25, -0.2) is 9.97 Å². The molecular formula is C16H17ClN4S. The summed E-state index contributed by atoms with van der Waals surface area (Å²) in [6, 6.07) is 9.65. The molecule has 22 heavy (non-hydrogen) atoms. The van der Waals surface area contributed by atoms with Gasteiger partial charge in [-0.05, 0) is 30.5 Å². The van der Waals surface area contributed by atoms with Crippen molar-refractivity contribution in [3.05, 3.63) is 35.0 Å². The quantitative estimate of drug-likeness (QED) is 0.484. The van der Waals surface area contributed by atoms with Crippen molar-refractivity contribution in [2.75, 3.05) is 11.5 Å². The Labute approximate surface area is 139 Å². The number of aryl methyl sites for hydroxylation is 1. The predicted molar refractivity (Wildman–Crippen MR) is 91.8 cm³/mol. The highest BCUT2D eigenvalue weighted by atomic mass is 35.5. The molecule has 2 aromatic rings. The van der Waals surface area contributed by atoms with Crippen molar-refractivity contribution in [1.82, 2.24) is 9.97 Å². The lowest BCUT2D eigenvalue weighted by molar-refractivity contribution is 0.894. The molecule has 114 valence electrons. The minimum atomic E-state index is 0.483. The molecule has 2 N–H and O–H groups in total. The standard InChI is InChI=1S/C16H17ClN4S/c1-2-13-14(11-5-7-12(17)8-6-11)15(19)21-16(20-13)22-10-4-3-9-18/h5-8H,2-4,10H2,1H3,(H2,19,20,21). The van der Waals surface area contributed by atoms with Crippen LogP contribution in [0.2, 0.25) is 5.02 Å². The number of anilines is 1. The first kappa shape index (κ1) is 16.6. The van der Waals surface area contributed by atoms with E-state index in [1.165, 1.54) is 11.8 Å². The highest BCUT2D eigenvalue weighted by molar-refractivity contribution is 7.99. The molecular weight excluding hydrogens is 316 g/mol. The SMILES string of the molecule is CCc1nc(SCCCC#N)nc(N)c1-c1ccc(Cl)cc1. The van der Waals surface area contributed by atoms with Crippen molar-refractivity contribution in [3.8, 4) is 17.2 Å². The van der Waals surface area contributed by atoms with E-state index in [-0.39, 0.29) is 0 Å². The Bertz CT molecular complexity index is 680. The number of hydrogen-bond acceptors (Lipinski definition) is 5. The number of rotatable bonds is 6. The third kappa shape index (κ3) is 4.12. The second-order valence-electron chi connectivity index (χ2n) is 4.68. The van der Waals surface area contributed by atoms with Gasteiger partial charge in [0.15, 0.2) is 5.16 Å². The molecule has 0 bridgehead atoms. The zero-order chi connectivity index (χ0) is 15.9. The van der Waals surface area contributed by atoms with Gasteiger partial charge in [0.1, 0.15) is 5.82 Å². The molecule has 0 atom stereocenters. The molecule has 6 heteroatoms. The van der Waals surface area contributed by atoms with Crippen LogP contribution in [0, 0.1) is 11.3 Å². The molecule has 0 saturated carbocycles. The number of nitrogen functional groups attached to an aromatic ring is 1. The average Bonchev–Trinajstić information content (AvgIpc) is 2.52. The largest absolute Gasteiger partial charge is 0.383 e. The van der Waals surface area contributed by atoms with Crippen LogP contribution in [0.1, 0.15) is 25.5 Å². The van der Waals surface area contributed by atoms with Crippen LogP contribution >= 0.6 is 23.4 Å². The van der Waals surface area contributed by atoms with Gasteiger partial charge >= 0.3 is 0 Å². The number of halogens is 1. The van der Waals surface area contributed by atoms with Crippen molar-refractivity contribution >= 4 is 29.2 Å². The van der Waals surface area contributed by atoms with E-state index < -0.39 is 0 Å². The van der Waals surface area contributed by atoms with Crippen molar-refractivity contribution in [1.29, 1.82) is 5.26 Å². The van der Waals surface area contributed by atoms with Crippen LogP contribution in [-0.4, -0.2) is 15.7 Å². The zero-order valence-corrected chi connectivity index (χ0v) is 13.9. The molecule has 1 heterocycles. The van der Waals surface area contributed by atoms with E-state index in [0.717, 1.165) is 35.4 Å². The molecule has 0 spiro atoms. The number of nitrogens with two attached hydrogens (primary N) is 1. The van der Waals surface area contributed by atoms with Gasteiger partial charge in [0.2, 0.25) is 0 Å². The second-order valence-corrected chi connectivity index (χ2v) is 6.18. The van der Waals surface area contributed by atoms with Gasteiger partial charge in [-0.1, -0.05) is 42.4 Å². The Morgan fingerprint density at radius 3 is 2.64 bits per heavy atom. The summed E-state index contributed by atoms with van der Waals surface area (Å²) in [5.41, 5.74) is 8.92. The van der Waals surface area contributed by atoms with Crippen molar-refractivity contribution < 1.29 is 0 Å². The number of hydrogen-bond donors (Lipinski definition) is 1. The van der Waals surface area contributed by atoms with Gasteiger partial charge < -0.3 is 5.73 Å². The minimum absolute atomic E-state index is 0.483. The number of thioether (sulfide) groups is 1. The Hall–Kier alpha value is -1.77. The van der Waals surface area contributed by atoms with Crippen LogP contribution in [0.25, 0.3) is 11.1 Å². The maximum atomic E-state index is 8.55. The molecule has 2 rings (SSSR count). The van der Waals surface area contributed by atoms with Crippen LogP contribution in [0.3, 0.4) is 0 Å². The fourth-order valence-electron chi connectivity index (χ4n) is 2.07.